The fourth-order valence-corrected chi connectivity index (χ4v) is 4.54. The largest absolute Gasteiger partial charge is 0.383 e. The second kappa shape index (κ2) is 8.19. The highest BCUT2D eigenvalue weighted by molar-refractivity contribution is 5.78. The van der Waals surface area contributed by atoms with E-state index in [-0.39, 0.29) is 0 Å². The number of allylic oxidation sites excluding steroid dienone is 2. The molecule has 0 aromatic rings. The first-order valence-electron chi connectivity index (χ1n) is 9.77. The maximum absolute atomic E-state index is 12.6. The minimum absolute atomic E-state index is 0.353. The lowest BCUT2D eigenvalue weighted by Crippen LogP contribution is -2.46. The molecule has 0 spiro atoms. The van der Waals surface area contributed by atoms with E-state index in [0.29, 0.717) is 18.5 Å². The van der Waals surface area contributed by atoms with Gasteiger partial charge in [0, 0.05) is 37.9 Å². The predicted octanol–water partition coefficient (Wildman–Crippen LogP) is 2.78. The number of piperidine rings is 1. The molecule has 2 aliphatic heterocycles. The van der Waals surface area contributed by atoms with Crippen LogP contribution in [0.1, 0.15) is 45.4 Å². The van der Waals surface area contributed by atoms with E-state index in [1.807, 2.05) is 0 Å². The minimum atomic E-state index is 0.353. The molecule has 3 rings (SSSR count). The Morgan fingerprint density at radius 2 is 1.83 bits per heavy atom. The number of carbonyl (C=O) groups excluding carboxylic acids is 1. The highest BCUT2D eigenvalue weighted by Crippen LogP contribution is 2.37. The maximum Gasteiger partial charge on any atom is 0.236 e. The molecule has 3 aliphatic rings. The summed E-state index contributed by atoms with van der Waals surface area (Å²) in [4.78, 5) is 17.0. The van der Waals surface area contributed by atoms with Crippen molar-refractivity contribution in [1.29, 1.82) is 0 Å². The summed E-state index contributed by atoms with van der Waals surface area (Å²) in [5.41, 5.74) is 1.01. The number of nitrogens with one attached hydrogen (secondary N) is 1. The van der Waals surface area contributed by atoms with Gasteiger partial charge < -0.3 is 10.2 Å². The number of amides is 1. The number of carbonyl (C=O) groups is 1. The van der Waals surface area contributed by atoms with Crippen LogP contribution in [0.2, 0.25) is 0 Å². The molecular formula is C20H33N3O. The molecule has 24 heavy (non-hydrogen) atoms. The van der Waals surface area contributed by atoms with Crippen molar-refractivity contribution in [3.63, 3.8) is 0 Å². The lowest BCUT2D eigenvalue weighted by molar-refractivity contribution is -0.132. The first kappa shape index (κ1) is 17.5. The number of hydrogen-bond acceptors (Lipinski definition) is 3. The quantitative estimate of drug-likeness (QED) is 0.760. The monoisotopic (exact) mass is 331 g/mol. The summed E-state index contributed by atoms with van der Waals surface area (Å²) in [7, 11) is 0. The average Bonchev–Trinajstić information content (AvgIpc) is 3.16. The Balaban J connectivity index is 1.37. The normalized spacial score (nSPS) is 28.5. The highest BCUT2D eigenvalue weighted by Gasteiger charge is 2.38. The zero-order valence-corrected chi connectivity index (χ0v) is 15.2. The number of rotatable bonds is 6. The van der Waals surface area contributed by atoms with Crippen molar-refractivity contribution in [2.24, 2.45) is 11.8 Å². The molecule has 134 valence electrons. The topological polar surface area (TPSA) is 35.6 Å². The van der Waals surface area contributed by atoms with Crippen LogP contribution in [0, 0.1) is 11.8 Å². The van der Waals surface area contributed by atoms with E-state index in [1.54, 1.807) is 0 Å². The van der Waals surface area contributed by atoms with Crippen molar-refractivity contribution < 1.29 is 4.79 Å². The van der Waals surface area contributed by atoms with Crippen LogP contribution in [0.3, 0.4) is 0 Å². The van der Waals surface area contributed by atoms with Gasteiger partial charge in [-0.2, -0.15) is 0 Å². The summed E-state index contributed by atoms with van der Waals surface area (Å²) in [6.45, 7) is 10.9. The Kier molecular flexibility index (Phi) is 5.99. The van der Waals surface area contributed by atoms with E-state index in [2.05, 4.69) is 40.8 Å². The number of nitrogens with zero attached hydrogens (tertiary/aromatic N) is 2. The van der Waals surface area contributed by atoms with Crippen molar-refractivity contribution in [3.05, 3.63) is 24.4 Å². The van der Waals surface area contributed by atoms with E-state index in [0.717, 1.165) is 63.0 Å². The van der Waals surface area contributed by atoms with Gasteiger partial charge in [0.25, 0.3) is 0 Å². The van der Waals surface area contributed by atoms with Gasteiger partial charge in [0.2, 0.25) is 5.91 Å². The summed E-state index contributed by atoms with van der Waals surface area (Å²) >= 11 is 0. The van der Waals surface area contributed by atoms with E-state index in [4.69, 9.17) is 0 Å². The fraction of sp³-hybridized carbons (Fsp3) is 0.750. The zero-order valence-electron chi connectivity index (χ0n) is 15.2. The Bertz CT molecular complexity index is 467. The van der Waals surface area contributed by atoms with Gasteiger partial charge in [-0.3, -0.25) is 9.69 Å². The Morgan fingerprint density at radius 3 is 2.46 bits per heavy atom. The first-order valence-corrected chi connectivity index (χ1v) is 9.77. The highest BCUT2D eigenvalue weighted by atomic mass is 16.2. The van der Waals surface area contributed by atoms with Crippen molar-refractivity contribution in [3.8, 4) is 0 Å². The van der Waals surface area contributed by atoms with Crippen LogP contribution >= 0.6 is 0 Å². The van der Waals surface area contributed by atoms with Crippen molar-refractivity contribution in [2.45, 2.75) is 51.5 Å². The van der Waals surface area contributed by atoms with Crippen LogP contribution in [-0.4, -0.2) is 54.5 Å². The van der Waals surface area contributed by atoms with Crippen molar-refractivity contribution >= 4 is 5.91 Å². The van der Waals surface area contributed by atoms with E-state index < -0.39 is 0 Å². The van der Waals surface area contributed by atoms with Crippen LogP contribution < -0.4 is 5.32 Å². The van der Waals surface area contributed by atoms with Gasteiger partial charge in [0.15, 0.2) is 0 Å². The molecule has 4 heteroatoms. The summed E-state index contributed by atoms with van der Waals surface area (Å²) in [5.74, 6) is 1.95. The third-order valence-electron chi connectivity index (χ3n) is 5.97. The Morgan fingerprint density at radius 1 is 1.17 bits per heavy atom. The third-order valence-corrected chi connectivity index (χ3v) is 5.97. The zero-order chi connectivity index (χ0) is 16.9. The minimum Gasteiger partial charge on any atom is -0.383 e. The second-order valence-electron chi connectivity index (χ2n) is 7.78. The smallest absolute Gasteiger partial charge is 0.236 e. The standard InChI is InChI=1S/C20H33N3O/c1-3-4-6-16(2)21-19-9-11-22(12-10-19)15-20(24)23-13-17-7-5-8-18(17)14-23/h4,6,17-19,21H,2-3,5,7-15H2,1H3/b6-4-. The first-order chi connectivity index (χ1) is 11.7. The van der Waals surface area contributed by atoms with Gasteiger partial charge in [-0.05, 0) is 50.0 Å². The molecule has 2 saturated heterocycles. The molecule has 2 atom stereocenters. The lowest BCUT2D eigenvalue weighted by Gasteiger charge is -2.33. The summed E-state index contributed by atoms with van der Waals surface area (Å²) in [5, 5.41) is 3.51. The molecule has 0 radical (unpaired) electrons. The Labute approximate surface area is 147 Å². The van der Waals surface area contributed by atoms with Gasteiger partial charge in [0.1, 0.15) is 0 Å². The second-order valence-corrected chi connectivity index (χ2v) is 7.78. The van der Waals surface area contributed by atoms with Gasteiger partial charge in [-0.1, -0.05) is 26.0 Å². The molecule has 3 fully saturated rings. The maximum atomic E-state index is 12.6. The van der Waals surface area contributed by atoms with Crippen LogP contribution in [-0.2, 0) is 4.79 Å². The van der Waals surface area contributed by atoms with Gasteiger partial charge in [0.05, 0.1) is 6.54 Å². The average molecular weight is 332 g/mol. The molecule has 1 saturated carbocycles. The van der Waals surface area contributed by atoms with Crippen LogP contribution in [0.4, 0.5) is 0 Å². The summed E-state index contributed by atoms with van der Waals surface area (Å²) in [6, 6.07) is 0.497. The number of hydrogen-bond donors (Lipinski definition) is 1. The Hall–Kier alpha value is -1.29. The van der Waals surface area contributed by atoms with Crippen LogP contribution in [0.5, 0.6) is 0 Å². The molecule has 0 bridgehead atoms. The third kappa shape index (κ3) is 4.41. The lowest BCUT2D eigenvalue weighted by atomic mass is 10.0. The predicted molar refractivity (Wildman–Crippen MR) is 98.6 cm³/mol. The van der Waals surface area contributed by atoms with E-state index in [1.165, 1.54) is 19.3 Å². The molecule has 1 amide bonds. The van der Waals surface area contributed by atoms with Gasteiger partial charge in [-0.25, -0.2) is 0 Å². The SMILES string of the molecule is C=C(/C=C\CC)NC1CCN(CC(=O)N2CC3CCCC3C2)CC1. The van der Waals surface area contributed by atoms with Crippen LogP contribution in [0.25, 0.3) is 0 Å². The fourth-order valence-electron chi connectivity index (χ4n) is 4.54. The molecule has 1 N–H and O–H groups in total. The van der Waals surface area contributed by atoms with Crippen molar-refractivity contribution in [2.75, 3.05) is 32.7 Å². The molecule has 1 aliphatic carbocycles. The summed E-state index contributed by atoms with van der Waals surface area (Å²) in [6.07, 6.45) is 11.5. The molecule has 0 aromatic carbocycles. The molecule has 4 nitrogen and oxygen atoms in total. The molecule has 0 aromatic heterocycles. The summed E-state index contributed by atoms with van der Waals surface area (Å²) < 4.78 is 0. The molecular weight excluding hydrogens is 298 g/mol. The van der Waals surface area contributed by atoms with E-state index >= 15 is 0 Å². The van der Waals surface area contributed by atoms with Crippen LogP contribution in [0.15, 0.2) is 24.4 Å². The van der Waals surface area contributed by atoms with Gasteiger partial charge >= 0.3 is 0 Å². The van der Waals surface area contributed by atoms with Gasteiger partial charge in [-0.15, -0.1) is 0 Å². The number of likely N-dealkylation sites (tertiary alicyclic amines) is 2. The molecule has 2 unspecified atom stereocenters. The number of fused-ring (bicyclic) bond motifs is 1. The van der Waals surface area contributed by atoms with E-state index in [9.17, 15) is 4.79 Å². The van der Waals surface area contributed by atoms with Crippen molar-refractivity contribution in [1.82, 2.24) is 15.1 Å². The molecule has 2 heterocycles.